The molecule has 0 saturated heterocycles. The molecule has 2 rings (SSSR count). The minimum Gasteiger partial charge on any atom is -0.490 e. The van der Waals surface area contributed by atoms with Gasteiger partial charge < -0.3 is 15.2 Å². The normalized spacial score (nSPS) is 10.2. The summed E-state index contributed by atoms with van der Waals surface area (Å²) >= 11 is 0. The van der Waals surface area contributed by atoms with E-state index in [9.17, 15) is 0 Å². The molecule has 0 amide bonds. The lowest BCUT2D eigenvalue weighted by molar-refractivity contribution is 0.300. The Morgan fingerprint density at radius 2 is 1.89 bits per heavy atom. The summed E-state index contributed by atoms with van der Waals surface area (Å²) in [5.41, 5.74) is 6.19. The third-order valence-electron chi connectivity index (χ3n) is 2.42. The molecule has 0 atom stereocenters. The van der Waals surface area contributed by atoms with Crippen LogP contribution in [-0.2, 0) is 6.54 Å². The van der Waals surface area contributed by atoms with Crippen molar-refractivity contribution in [1.82, 2.24) is 9.97 Å². The van der Waals surface area contributed by atoms with Crippen LogP contribution in [0, 0.1) is 0 Å². The van der Waals surface area contributed by atoms with Gasteiger partial charge in [0.1, 0.15) is 0 Å². The number of rotatable bonds is 6. The molecule has 0 saturated carbocycles. The number of ether oxygens (including phenoxy) is 2. The van der Waals surface area contributed by atoms with Crippen molar-refractivity contribution in [1.29, 1.82) is 0 Å². The van der Waals surface area contributed by atoms with E-state index in [1.165, 1.54) is 0 Å². The number of hydrogen-bond donors (Lipinski definition) is 1. The molecular weight excluding hydrogens is 242 g/mol. The van der Waals surface area contributed by atoms with Gasteiger partial charge in [0.05, 0.1) is 24.7 Å². The highest BCUT2D eigenvalue weighted by Crippen LogP contribution is 2.30. The average molecular weight is 259 g/mol. The third kappa shape index (κ3) is 3.66. The van der Waals surface area contributed by atoms with Gasteiger partial charge >= 0.3 is 0 Å². The van der Waals surface area contributed by atoms with E-state index in [2.05, 4.69) is 16.9 Å². The molecule has 5 nitrogen and oxygen atoms in total. The molecule has 0 radical (unpaired) electrons. The Hall–Kier alpha value is -2.14. The highest BCUT2D eigenvalue weighted by atomic mass is 16.5. The van der Waals surface area contributed by atoms with Crippen LogP contribution in [0.3, 0.4) is 0 Å². The lowest BCUT2D eigenvalue weighted by Gasteiger charge is -2.11. The molecule has 0 aliphatic heterocycles. The van der Waals surface area contributed by atoms with E-state index < -0.39 is 0 Å². The fraction of sp³-hybridized carbons (Fsp3) is 0.286. The van der Waals surface area contributed by atoms with Crippen LogP contribution >= 0.6 is 0 Å². The van der Waals surface area contributed by atoms with Gasteiger partial charge in [0.25, 0.3) is 0 Å². The van der Waals surface area contributed by atoms with E-state index in [0.717, 1.165) is 12.1 Å². The molecule has 1 heterocycles. The van der Waals surface area contributed by atoms with Gasteiger partial charge in [-0.2, -0.15) is 0 Å². The smallest absolute Gasteiger partial charge is 0.238 e. The SMILES string of the molecule is CCCOc1ccccc1Oc1cnc(CN)cn1. The predicted molar refractivity (Wildman–Crippen MR) is 72.2 cm³/mol. The van der Waals surface area contributed by atoms with E-state index in [1.807, 2.05) is 24.3 Å². The second kappa shape index (κ2) is 6.70. The monoisotopic (exact) mass is 259 g/mol. The van der Waals surface area contributed by atoms with E-state index in [-0.39, 0.29) is 0 Å². The van der Waals surface area contributed by atoms with Crippen molar-refractivity contribution in [3.8, 4) is 17.4 Å². The van der Waals surface area contributed by atoms with Crippen LogP contribution in [-0.4, -0.2) is 16.6 Å². The molecule has 0 aliphatic rings. The maximum atomic E-state index is 5.67. The summed E-state index contributed by atoms with van der Waals surface area (Å²) in [6.45, 7) is 3.07. The average Bonchev–Trinajstić information content (AvgIpc) is 2.47. The minimum absolute atomic E-state index is 0.365. The quantitative estimate of drug-likeness (QED) is 0.863. The summed E-state index contributed by atoms with van der Waals surface area (Å²) in [6, 6.07) is 7.49. The Balaban J connectivity index is 2.12. The first-order chi connectivity index (χ1) is 9.33. The number of nitrogens with zero attached hydrogens (tertiary/aromatic N) is 2. The summed E-state index contributed by atoms with van der Waals surface area (Å²) in [6.07, 6.45) is 4.10. The van der Waals surface area contributed by atoms with Gasteiger partial charge in [-0.25, -0.2) is 4.98 Å². The topological polar surface area (TPSA) is 70.3 Å². The van der Waals surface area contributed by atoms with Crippen molar-refractivity contribution < 1.29 is 9.47 Å². The van der Waals surface area contributed by atoms with Crippen LogP contribution in [0.1, 0.15) is 19.0 Å². The molecule has 0 bridgehead atoms. The number of aromatic nitrogens is 2. The van der Waals surface area contributed by atoms with E-state index in [1.54, 1.807) is 12.4 Å². The van der Waals surface area contributed by atoms with Crippen molar-refractivity contribution in [3.63, 3.8) is 0 Å². The van der Waals surface area contributed by atoms with Gasteiger partial charge in [0.2, 0.25) is 5.88 Å². The van der Waals surface area contributed by atoms with Crippen LogP contribution in [0.5, 0.6) is 17.4 Å². The Bertz CT molecular complexity index is 514. The summed E-state index contributed by atoms with van der Waals surface area (Å²) in [4.78, 5) is 8.28. The summed E-state index contributed by atoms with van der Waals surface area (Å²) in [5.74, 6) is 1.75. The van der Waals surface area contributed by atoms with Crippen LogP contribution in [0.4, 0.5) is 0 Å². The van der Waals surface area contributed by atoms with Gasteiger partial charge in [0, 0.05) is 6.54 Å². The first kappa shape index (κ1) is 13.3. The van der Waals surface area contributed by atoms with Crippen molar-refractivity contribution >= 4 is 0 Å². The van der Waals surface area contributed by atoms with Gasteiger partial charge in [-0.05, 0) is 18.6 Å². The zero-order chi connectivity index (χ0) is 13.5. The zero-order valence-electron chi connectivity index (χ0n) is 10.9. The van der Waals surface area contributed by atoms with E-state index >= 15 is 0 Å². The lowest BCUT2D eigenvalue weighted by atomic mass is 10.3. The summed E-state index contributed by atoms with van der Waals surface area (Å²) in [7, 11) is 0. The highest BCUT2D eigenvalue weighted by molar-refractivity contribution is 5.41. The lowest BCUT2D eigenvalue weighted by Crippen LogP contribution is -2.01. The maximum Gasteiger partial charge on any atom is 0.238 e. The Morgan fingerprint density at radius 3 is 2.53 bits per heavy atom. The second-order valence-electron chi connectivity index (χ2n) is 3.95. The third-order valence-corrected chi connectivity index (χ3v) is 2.42. The van der Waals surface area contributed by atoms with Crippen LogP contribution < -0.4 is 15.2 Å². The van der Waals surface area contributed by atoms with E-state index in [0.29, 0.717) is 30.5 Å². The second-order valence-corrected chi connectivity index (χ2v) is 3.95. The van der Waals surface area contributed by atoms with Gasteiger partial charge in [0.15, 0.2) is 11.5 Å². The van der Waals surface area contributed by atoms with Crippen molar-refractivity contribution in [2.75, 3.05) is 6.61 Å². The number of benzene rings is 1. The predicted octanol–water partition coefficient (Wildman–Crippen LogP) is 2.52. The largest absolute Gasteiger partial charge is 0.490 e. The molecule has 2 aromatic rings. The Labute approximate surface area is 112 Å². The van der Waals surface area contributed by atoms with Crippen molar-refractivity contribution in [2.45, 2.75) is 19.9 Å². The van der Waals surface area contributed by atoms with Crippen molar-refractivity contribution in [2.24, 2.45) is 5.73 Å². The molecule has 2 N–H and O–H groups in total. The van der Waals surface area contributed by atoms with Crippen LogP contribution in [0.15, 0.2) is 36.7 Å². The number of nitrogens with two attached hydrogens (primary N) is 1. The molecule has 0 spiro atoms. The molecule has 1 aromatic heterocycles. The van der Waals surface area contributed by atoms with Gasteiger partial charge in [-0.1, -0.05) is 19.1 Å². The molecule has 0 fully saturated rings. The minimum atomic E-state index is 0.365. The van der Waals surface area contributed by atoms with Gasteiger partial charge in [-0.15, -0.1) is 0 Å². The maximum absolute atomic E-state index is 5.67. The Kier molecular flexibility index (Phi) is 4.69. The molecule has 5 heteroatoms. The molecule has 1 aromatic carbocycles. The summed E-state index contributed by atoms with van der Waals surface area (Å²) < 4.78 is 11.3. The fourth-order valence-corrected chi connectivity index (χ4v) is 1.48. The molecule has 0 unspecified atom stereocenters. The molecular formula is C14H17N3O2. The number of para-hydroxylation sites is 2. The van der Waals surface area contributed by atoms with Gasteiger partial charge in [-0.3, -0.25) is 4.98 Å². The number of hydrogen-bond acceptors (Lipinski definition) is 5. The van der Waals surface area contributed by atoms with E-state index in [4.69, 9.17) is 15.2 Å². The molecule has 100 valence electrons. The summed E-state index contributed by atoms with van der Waals surface area (Å²) in [5, 5.41) is 0. The standard InChI is InChI=1S/C14H17N3O2/c1-2-7-18-12-5-3-4-6-13(12)19-14-10-16-11(8-15)9-17-14/h3-6,9-10H,2,7-8,15H2,1H3. The molecule has 0 aliphatic carbocycles. The van der Waals surface area contributed by atoms with Crippen molar-refractivity contribution in [3.05, 3.63) is 42.4 Å². The molecule has 19 heavy (non-hydrogen) atoms. The Morgan fingerprint density at radius 1 is 1.11 bits per heavy atom. The van der Waals surface area contributed by atoms with Crippen LogP contribution in [0.2, 0.25) is 0 Å². The zero-order valence-corrected chi connectivity index (χ0v) is 10.9. The fourth-order valence-electron chi connectivity index (χ4n) is 1.48. The van der Waals surface area contributed by atoms with Crippen LogP contribution in [0.25, 0.3) is 0 Å². The first-order valence-corrected chi connectivity index (χ1v) is 6.24. The first-order valence-electron chi connectivity index (χ1n) is 6.24. The highest BCUT2D eigenvalue weighted by Gasteiger charge is 2.06.